The second-order valence-corrected chi connectivity index (χ2v) is 8.23. The summed E-state index contributed by atoms with van der Waals surface area (Å²) < 4.78 is 38.0. The van der Waals surface area contributed by atoms with Crippen LogP contribution < -0.4 is 15.5 Å². The van der Waals surface area contributed by atoms with Gasteiger partial charge in [-0.3, -0.25) is 19.7 Å². The Kier molecular flexibility index (Phi) is 6.99. The molecule has 1 aliphatic heterocycles. The lowest BCUT2D eigenvalue weighted by Gasteiger charge is -2.27. The summed E-state index contributed by atoms with van der Waals surface area (Å²) in [6.07, 6.45) is 2.66. The van der Waals surface area contributed by atoms with E-state index >= 15 is 0 Å². The number of halogens is 3. The summed E-state index contributed by atoms with van der Waals surface area (Å²) in [4.78, 5) is 35.4. The number of ketones is 1. The Hall–Kier alpha value is -3.96. The first kappa shape index (κ1) is 24.2. The molecule has 0 radical (unpaired) electrons. The molecule has 0 bridgehead atoms. The van der Waals surface area contributed by atoms with Crippen molar-refractivity contribution in [2.75, 3.05) is 28.6 Å². The second-order valence-electron chi connectivity index (χ2n) is 8.23. The molecule has 35 heavy (non-hydrogen) atoms. The number of carbonyl (C=O) groups is 2. The third-order valence-electron chi connectivity index (χ3n) is 5.65. The quantitative estimate of drug-likeness (QED) is 0.429. The number of anilines is 3. The standard InChI is InChI=1S/C23H24F3N7O2/c1-14(30-16-6-8-19(28-12-16)33-9-3-2-4-10-33)21(34)20-17(13-29-32-20)31-22(35)15-5-7-18(27-11-15)23(24,25)26/h5-8,11-14,30H,2-4,9-10H2,1H3,(H,29,32)(H,31,35)/t14-/m0/s1. The molecule has 4 heterocycles. The summed E-state index contributed by atoms with van der Waals surface area (Å²) in [5.41, 5.74) is -0.383. The van der Waals surface area contributed by atoms with Gasteiger partial charge in [-0.15, -0.1) is 0 Å². The van der Waals surface area contributed by atoms with Gasteiger partial charge in [-0.1, -0.05) is 0 Å². The van der Waals surface area contributed by atoms with Crippen molar-refractivity contribution in [1.29, 1.82) is 0 Å². The molecule has 0 unspecified atom stereocenters. The van der Waals surface area contributed by atoms with Crippen molar-refractivity contribution in [3.8, 4) is 0 Å². The maximum absolute atomic E-state index is 13.0. The second kappa shape index (κ2) is 10.1. The molecular weight excluding hydrogens is 463 g/mol. The first-order valence-corrected chi connectivity index (χ1v) is 11.1. The van der Waals surface area contributed by atoms with E-state index in [0.29, 0.717) is 11.8 Å². The molecule has 9 nitrogen and oxygen atoms in total. The monoisotopic (exact) mass is 487 g/mol. The summed E-state index contributed by atoms with van der Waals surface area (Å²) in [5.74, 6) is -0.200. The van der Waals surface area contributed by atoms with E-state index < -0.39 is 23.8 Å². The summed E-state index contributed by atoms with van der Waals surface area (Å²) in [5, 5.41) is 12.0. The minimum Gasteiger partial charge on any atom is -0.374 e. The number of aromatic nitrogens is 4. The van der Waals surface area contributed by atoms with Crippen LogP contribution in [0.4, 0.5) is 30.4 Å². The fourth-order valence-corrected chi connectivity index (χ4v) is 3.77. The van der Waals surface area contributed by atoms with Crippen molar-refractivity contribution in [3.05, 3.63) is 59.8 Å². The number of carbonyl (C=O) groups excluding carboxylic acids is 2. The van der Waals surface area contributed by atoms with E-state index in [4.69, 9.17) is 0 Å². The average Bonchev–Trinajstić information content (AvgIpc) is 3.32. The third-order valence-corrected chi connectivity index (χ3v) is 5.65. The van der Waals surface area contributed by atoms with Crippen molar-refractivity contribution < 1.29 is 22.8 Å². The highest BCUT2D eigenvalue weighted by Crippen LogP contribution is 2.27. The molecule has 0 saturated carbocycles. The molecule has 1 aliphatic rings. The van der Waals surface area contributed by atoms with Gasteiger partial charge in [0, 0.05) is 19.3 Å². The van der Waals surface area contributed by atoms with Crippen molar-refractivity contribution in [1.82, 2.24) is 20.2 Å². The van der Waals surface area contributed by atoms with E-state index in [1.165, 1.54) is 12.6 Å². The first-order chi connectivity index (χ1) is 16.7. The zero-order chi connectivity index (χ0) is 25.0. The zero-order valence-corrected chi connectivity index (χ0v) is 18.9. The lowest BCUT2D eigenvalue weighted by atomic mass is 10.1. The Morgan fingerprint density at radius 1 is 1.03 bits per heavy atom. The molecule has 1 amide bonds. The van der Waals surface area contributed by atoms with Crippen LogP contribution in [0.3, 0.4) is 0 Å². The lowest BCUT2D eigenvalue weighted by molar-refractivity contribution is -0.141. The van der Waals surface area contributed by atoms with Crippen LogP contribution in [0.25, 0.3) is 0 Å². The molecular formula is C23H24F3N7O2. The van der Waals surface area contributed by atoms with Gasteiger partial charge in [0.05, 0.1) is 35.4 Å². The SMILES string of the molecule is C[C@H](Nc1ccc(N2CCCCC2)nc1)C(=O)c1[nH]ncc1NC(=O)c1ccc(C(F)(F)F)nc1. The number of piperidine rings is 1. The lowest BCUT2D eigenvalue weighted by Crippen LogP contribution is -2.30. The van der Waals surface area contributed by atoms with Crippen LogP contribution in [0.2, 0.25) is 0 Å². The smallest absolute Gasteiger partial charge is 0.374 e. The maximum atomic E-state index is 13.0. The molecule has 4 rings (SSSR count). The van der Waals surface area contributed by atoms with Crippen LogP contribution in [0.15, 0.2) is 42.9 Å². The van der Waals surface area contributed by atoms with E-state index in [2.05, 4.69) is 35.7 Å². The topological polar surface area (TPSA) is 116 Å². The summed E-state index contributed by atoms with van der Waals surface area (Å²) in [7, 11) is 0. The van der Waals surface area contributed by atoms with Gasteiger partial charge < -0.3 is 15.5 Å². The molecule has 3 aromatic heterocycles. The number of nitrogens with one attached hydrogen (secondary N) is 3. The Balaban J connectivity index is 1.39. The predicted octanol–water partition coefficient (Wildman–Crippen LogP) is 4.14. The molecule has 0 aromatic carbocycles. The number of H-pyrrole nitrogens is 1. The van der Waals surface area contributed by atoms with Gasteiger partial charge in [0.25, 0.3) is 5.91 Å². The van der Waals surface area contributed by atoms with Gasteiger partial charge in [-0.25, -0.2) is 4.98 Å². The zero-order valence-electron chi connectivity index (χ0n) is 18.9. The molecule has 12 heteroatoms. The number of rotatable bonds is 7. The number of nitrogens with zero attached hydrogens (tertiary/aromatic N) is 4. The number of Topliss-reactive ketones (excluding diaryl/α,β-unsaturated/α-hetero) is 1. The minimum absolute atomic E-state index is 0.0520. The summed E-state index contributed by atoms with van der Waals surface area (Å²) >= 11 is 0. The molecule has 3 aromatic rings. The van der Waals surface area contributed by atoms with Crippen molar-refractivity contribution in [2.45, 2.75) is 38.4 Å². The Morgan fingerprint density at radius 3 is 2.43 bits per heavy atom. The van der Waals surface area contributed by atoms with Gasteiger partial charge in [0.2, 0.25) is 5.78 Å². The fraction of sp³-hybridized carbons (Fsp3) is 0.348. The van der Waals surface area contributed by atoms with Crippen LogP contribution in [0, 0.1) is 0 Å². The Labute approximate surface area is 199 Å². The summed E-state index contributed by atoms with van der Waals surface area (Å²) in [6.45, 7) is 3.62. The normalized spacial score (nSPS) is 14.9. The van der Waals surface area contributed by atoms with Crippen molar-refractivity contribution in [3.63, 3.8) is 0 Å². The highest BCUT2D eigenvalue weighted by Gasteiger charge is 2.32. The van der Waals surface area contributed by atoms with Gasteiger partial charge in [-0.2, -0.15) is 18.3 Å². The Morgan fingerprint density at radius 2 is 1.80 bits per heavy atom. The van der Waals surface area contributed by atoms with Crippen LogP contribution in [-0.4, -0.2) is 51.0 Å². The molecule has 3 N–H and O–H groups in total. The van der Waals surface area contributed by atoms with Gasteiger partial charge in [0.15, 0.2) is 0 Å². The third kappa shape index (κ3) is 5.76. The molecule has 1 saturated heterocycles. The largest absolute Gasteiger partial charge is 0.433 e. The minimum atomic E-state index is -4.61. The number of amides is 1. The number of aromatic amines is 1. The van der Waals surface area contributed by atoms with Gasteiger partial charge in [-0.05, 0) is 50.5 Å². The van der Waals surface area contributed by atoms with Gasteiger partial charge >= 0.3 is 6.18 Å². The van der Waals surface area contributed by atoms with Crippen molar-refractivity contribution in [2.24, 2.45) is 0 Å². The van der Waals surface area contributed by atoms with Gasteiger partial charge in [0.1, 0.15) is 17.2 Å². The number of alkyl halides is 3. The molecule has 184 valence electrons. The number of pyridine rings is 2. The van der Waals surface area contributed by atoms with Crippen LogP contribution >= 0.6 is 0 Å². The predicted molar refractivity (Wildman–Crippen MR) is 123 cm³/mol. The van der Waals surface area contributed by atoms with Crippen molar-refractivity contribution >= 4 is 28.9 Å². The van der Waals surface area contributed by atoms with E-state index in [9.17, 15) is 22.8 Å². The average molecular weight is 487 g/mol. The van der Waals surface area contributed by atoms with E-state index in [1.54, 1.807) is 13.1 Å². The van der Waals surface area contributed by atoms with Crippen LogP contribution in [0.1, 0.15) is 52.7 Å². The number of hydrogen-bond acceptors (Lipinski definition) is 7. The van der Waals surface area contributed by atoms with Crippen LogP contribution in [0.5, 0.6) is 0 Å². The highest BCUT2D eigenvalue weighted by atomic mass is 19.4. The Bertz CT molecular complexity index is 1170. The number of hydrogen-bond donors (Lipinski definition) is 3. The van der Waals surface area contributed by atoms with E-state index in [-0.39, 0.29) is 22.7 Å². The van der Waals surface area contributed by atoms with Crippen LogP contribution in [-0.2, 0) is 6.18 Å². The molecule has 0 aliphatic carbocycles. The van der Waals surface area contributed by atoms with E-state index in [1.807, 2.05) is 12.1 Å². The highest BCUT2D eigenvalue weighted by molar-refractivity contribution is 6.10. The first-order valence-electron chi connectivity index (χ1n) is 11.1. The fourth-order valence-electron chi connectivity index (χ4n) is 3.77. The molecule has 0 spiro atoms. The molecule has 1 atom stereocenters. The molecule has 1 fully saturated rings. The summed E-state index contributed by atoms with van der Waals surface area (Å²) in [6, 6.07) is 4.81. The van der Waals surface area contributed by atoms with E-state index in [0.717, 1.165) is 44.0 Å². The maximum Gasteiger partial charge on any atom is 0.433 e.